The molecule has 0 aromatic carbocycles. The van der Waals surface area contributed by atoms with E-state index in [1.54, 1.807) is 16.7 Å². The Bertz CT molecular complexity index is 386. The summed E-state index contributed by atoms with van der Waals surface area (Å²) >= 11 is 2.23. The van der Waals surface area contributed by atoms with E-state index in [9.17, 15) is 0 Å². The summed E-state index contributed by atoms with van der Waals surface area (Å²) in [5, 5.41) is 1.53. The third-order valence-corrected chi connectivity index (χ3v) is 6.16. The lowest BCUT2D eigenvalue weighted by Crippen LogP contribution is -2.21. The van der Waals surface area contributed by atoms with Gasteiger partial charge in [0.1, 0.15) is 0 Å². The van der Waals surface area contributed by atoms with Crippen LogP contribution in [-0.2, 0) is 0 Å². The van der Waals surface area contributed by atoms with Crippen molar-refractivity contribution in [1.29, 1.82) is 0 Å². The zero-order valence-electron chi connectivity index (χ0n) is 10.2. The van der Waals surface area contributed by atoms with Crippen LogP contribution >= 0.6 is 11.8 Å². The van der Waals surface area contributed by atoms with Crippen LogP contribution in [0, 0.1) is 5.92 Å². The lowest BCUT2D eigenvalue weighted by molar-refractivity contribution is 0.419. The molecule has 1 heteroatoms. The molecule has 0 aromatic heterocycles. The highest BCUT2D eigenvalue weighted by molar-refractivity contribution is 8.01. The van der Waals surface area contributed by atoms with Crippen LogP contribution in [-0.4, -0.2) is 10.5 Å². The molecular formula is C15H20S. The second-order valence-electron chi connectivity index (χ2n) is 5.25. The molecule has 3 rings (SSSR count). The average molecular weight is 232 g/mol. The fourth-order valence-corrected chi connectivity index (χ4v) is 5.31. The first-order valence-electron chi connectivity index (χ1n) is 6.54. The van der Waals surface area contributed by atoms with Gasteiger partial charge in [0, 0.05) is 5.25 Å². The standard InChI is InChI=1S/C15H20S/c1-3-11-7-5-9-13-12-8-4-6-10(2)14(12)16-15(11)13/h4,6,8,11,14-15H,3,5,7,9H2,1-2H3. The Balaban J connectivity index is 1.97. The van der Waals surface area contributed by atoms with E-state index in [0.717, 1.165) is 11.2 Å². The van der Waals surface area contributed by atoms with Gasteiger partial charge in [0.2, 0.25) is 0 Å². The predicted octanol–water partition coefficient (Wildman–Crippen LogP) is 4.49. The van der Waals surface area contributed by atoms with E-state index in [1.807, 2.05) is 0 Å². The van der Waals surface area contributed by atoms with E-state index in [-0.39, 0.29) is 0 Å². The van der Waals surface area contributed by atoms with Gasteiger partial charge in [-0.15, -0.1) is 11.8 Å². The maximum absolute atomic E-state index is 2.37. The first-order valence-corrected chi connectivity index (χ1v) is 7.48. The zero-order valence-corrected chi connectivity index (χ0v) is 11.0. The molecule has 0 N–H and O–H groups in total. The summed E-state index contributed by atoms with van der Waals surface area (Å²) in [6, 6.07) is 0. The van der Waals surface area contributed by atoms with Crippen molar-refractivity contribution in [1.82, 2.24) is 0 Å². The molecular weight excluding hydrogens is 212 g/mol. The van der Waals surface area contributed by atoms with Gasteiger partial charge in [0.05, 0.1) is 5.25 Å². The zero-order chi connectivity index (χ0) is 11.1. The van der Waals surface area contributed by atoms with Crippen molar-refractivity contribution < 1.29 is 0 Å². The molecule has 86 valence electrons. The minimum absolute atomic E-state index is 0.692. The van der Waals surface area contributed by atoms with E-state index in [0.29, 0.717) is 5.25 Å². The van der Waals surface area contributed by atoms with E-state index in [2.05, 4.69) is 43.8 Å². The van der Waals surface area contributed by atoms with E-state index < -0.39 is 0 Å². The Hall–Kier alpha value is -0.430. The molecule has 1 aliphatic heterocycles. The summed E-state index contributed by atoms with van der Waals surface area (Å²) < 4.78 is 0. The summed E-state index contributed by atoms with van der Waals surface area (Å²) in [6.07, 6.45) is 12.5. The normalized spacial score (nSPS) is 37.1. The second kappa shape index (κ2) is 4.10. The monoisotopic (exact) mass is 232 g/mol. The predicted molar refractivity (Wildman–Crippen MR) is 72.7 cm³/mol. The van der Waals surface area contributed by atoms with Gasteiger partial charge >= 0.3 is 0 Å². The van der Waals surface area contributed by atoms with Crippen LogP contribution in [0.1, 0.15) is 39.5 Å². The van der Waals surface area contributed by atoms with Gasteiger partial charge in [-0.25, -0.2) is 0 Å². The molecule has 2 aliphatic carbocycles. The van der Waals surface area contributed by atoms with Gasteiger partial charge in [-0.3, -0.25) is 0 Å². The van der Waals surface area contributed by atoms with E-state index >= 15 is 0 Å². The first kappa shape index (κ1) is 10.7. The lowest BCUT2D eigenvalue weighted by Gasteiger charge is -2.29. The molecule has 3 atom stereocenters. The quantitative estimate of drug-likeness (QED) is 0.641. The summed E-state index contributed by atoms with van der Waals surface area (Å²) in [4.78, 5) is 0. The molecule has 0 bridgehead atoms. The number of fused-ring (bicyclic) bond motifs is 2. The summed E-state index contributed by atoms with van der Waals surface area (Å²) in [5.41, 5.74) is 5.00. The Labute approximate surface area is 103 Å². The number of hydrogen-bond acceptors (Lipinski definition) is 1. The molecule has 0 spiro atoms. The molecule has 3 unspecified atom stereocenters. The minimum Gasteiger partial charge on any atom is -0.141 e. The van der Waals surface area contributed by atoms with Gasteiger partial charge in [0.15, 0.2) is 0 Å². The van der Waals surface area contributed by atoms with Crippen molar-refractivity contribution in [2.24, 2.45) is 5.92 Å². The van der Waals surface area contributed by atoms with Crippen LogP contribution in [0.4, 0.5) is 0 Å². The smallest absolute Gasteiger partial charge is 0.0512 e. The highest BCUT2D eigenvalue weighted by Gasteiger charge is 2.39. The molecule has 1 saturated carbocycles. The van der Waals surface area contributed by atoms with Crippen LogP contribution in [0.3, 0.4) is 0 Å². The topological polar surface area (TPSA) is 0 Å². The SMILES string of the molecule is CCC1CCCC2=C3C=CC=C(C)C3SC21. The maximum Gasteiger partial charge on any atom is 0.0512 e. The summed E-state index contributed by atoms with van der Waals surface area (Å²) in [5.74, 6) is 0.938. The van der Waals surface area contributed by atoms with Crippen molar-refractivity contribution in [3.05, 3.63) is 34.9 Å². The Morgan fingerprint density at radius 2 is 2.31 bits per heavy atom. The van der Waals surface area contributed by atoms with Gasteiger partial charge in [-0.1, -0.05) is 42.7 Å². The number of rotatable bonds is 1. The van der Waals surface area contributed by atoms with Crippen LogP contribution in [0.2, 0.25) is 0 Å². The first-order chi connectivity index (χ1) is 7.81. The van der Waals surface area contributed by atoms with Crippen molar-refractivity contribution in [3.63, 3.8) is 0 Å². The highest BCUT2D eigenvalue weighted by atomic mass is 32.2. The number of hydrogen-bond donors (Lipinski definition) is 0. The Morgan fingerprint density at radius 3 is 3.12 bits per heavy atom. The third kappa shape index (κ3) is 1.52. The van der Waals surface area contributed by atoms with Crippen molar-refractivity contribution in [3.8, 4) is 0 Å². The minimum atomic E-state index is 0.692. The lowest BCUT2D eigenvalue weighted by atomic mass is 9.80. The van der Waals surface area contributed by atoms with Crippen LogP contribution in [0.15, 0.2) is 34.9 Å². The molecule has 0 nitrogen and oxygen atoms in total. The highest BCUT2D eigenvalue weighted by Crippen LogP contribution is 2.52. The van der Waals surface area contributed by atoms with Crippen LogP contribution < -0.4 is 0 Å². The van der Waals surface area contributed by atoms with Gasteiger partial charge in [-0.05, 0) is 37.7 Å². The average Bonchev–Trinajstić information content (AvgIpc) is 2.69. The van der Waals surface area contributed by atoms with Gasteiger partial charge in [0.25, 0.3) is 0 Å². The Kier molecular flexibility index (Phi) is 2.75. The maximum atomic E-state index is 2.37. The molecule has 0 amide bonds. The van der Waals surface area contributed by atoms with E-state index in [1.165, 1.54) is 25.7 Å². The molecule has 16 heavy (non-hydrogen) atoms. The summed E-state index contributed by atoms with van der Waals surface area (Å²) in [7, 11) is 0. The largest absolute Gasteiger partial charge is 0.141 e. The second-order valence-corrected chi connectivity index (χ2v) is 6.50. The van der Waals surface area contributed by atoms with Crippen LogP contribution in [0.5, 0.6) is 0 Å². The van der Waals surface area contributed by atoms with Gasteiger partial charge < -0.3 is 0 Å². The third-order valence-electron chi connectivity index (χ3n) is 4.30. The van der Waals surface area contributed by atoms with Gasteiger partial charge in [-0.2, -0.15) is 0 Å². The molecule has 0 radical (unpaired) electrons. The van der Waals surface area contributed by atoms with Crippen molar-refractivity contribution in [2.45, 2.75) is 50.0 Å². The van der Waals surface area contributed by atoms with Crippen LogP contribution in [0.25, 0.3) is 0 Å². The number of allylic oxidation sites excluding steroid dienone is 3. The van der Waals surface area contributed by atoms with Crippen molar-refractivity contribution >= 4 is 11.8 Å². The Morgan fingerprint density at radius 1 is 1.44 bits per heavy atom. The molecule has 0 aromatic rings. The molecule has 1 fully saturated rings. The summed E-state index contributed by atoms with van der Waals surface area (Å²) in [6.45, 7) is 4.65. The molecule has 3 aliphatic rings. The number of thioether (sulfide) groups is 1. The fraction of sp³-hybridized carbons (Fsp3) is 0.600. The molecule has 0 saturated heterocycles. The van der Waals surface area contributed by atoms with E-state index in [4.69, 9.17) is 0 Å². The fourth-order valence-electron chi connectivity index (χ4n) is 3.38. The van der Waals surface area contributed by atoms with Crippen molar-refractivity contribution in [2.75, 3.05) is 0 Å². The molecule has 1 heterocycles.